The molecule has 1 aliphatic heterocycles. The average molecular weight is 350 g/mol. The Morgan fingerprint density at radius 1 is 1.20 bits per heavy atom. The number of hydrogen-bond acceptors (Lipinski definition) is 5. The summed E-state index contributed by atoms with van der Waals surface area (Å²) in [6, 6.07) is 6.95. The van der Waals surface area contributed by atoms with Gasteiger partial charge in [0.15, 0.2) is 0 Å². The zero-order valence-electron chi connectivity index (χ0n) is 14.9. The van der Waals surface area contributed by atoms with Gasteiger partial charge in [-0.05, 0) is 30.5 Å². The van der Waals surface area contributed by atoms with Crippen LogP contribution in [0.15, 0.2) is 24.3 Å². The lowest BCUT2D eigenvalue weighted by atomic mass is 9.93. The summed E-state index contributed by atoms with van der Waals surface area (Å²) in [5, 5.41) is 12.8. The van der Waals surface area contributed by atoms with Crippen LogP contribution in [-0.4, -0.2) is 53.8 Å². The van der Waals surface area contributed by atoms with Crippen molar-refractivity contribution in [1.82, 2.24) is 10.2 Å². The normalized spacial score (nSPS) is 17.5. The van der Waals surface area contributed by atoms with E-state index in [9.17, 15) is 14.7 Å². The van der Waals surface area contributed by atoms with E-state index >= 15 is 0 Å². The molecule has 3 amide bonds. The fourth-order valence-electron chi connectivity index (χ4n) is 2.87. The molecule has 0 spiro atoms. The number of amides is 3. The molecule has 25 heavy (non-hydrogen) atoms. The number of aliphatic hydroxyl groups excluding tert-OH is 1. The number of nitrogens with zero attached hydrogens (tertiary/aromatic N) is 1. The van der Waals surface area contributed by atoms with Gasteiger partial charge in [0.1, 0.15) is 11.3 Å². The fraction of sp³-hybridized carbons (Fsp3) is 0.556. The van der Waals surface area contributed by atoms with E-state index in [1.807, 2.05) is 38.1 Å². The Labute approximate surface area is 147 Å². The number of aliphatic hydroxyl groups is 1. The van der Waals surface area contributed by atoms with Crippen LogP contribution in [0, 0.1) is 0 Å². The van der Waals surface area contributed by atoms with Crippen molar-refractivity contribution in [2.75, 3.05) is 20.3 Å². The van der Waals surface area contributed by atoms with E-state index < -0.39 is 17.7 Å². The highest BCUT2D eigenvalue weighted by atomic mass is 16.5. The third-order valence-electron chi connectivity index (χ3n) is 4.58. The molecular weight excluding hydrogens is 324 g/mol. The van der Waals surface area contributed by atoms with Crippen molar-refractivity contribution >= 4 is 11.9 Å². The van der Waals surface area contributed by atoms with Gasteiger partial charge in [0.05, 0.1) is 33.0 Å². The van der Waals surface area contributed by atoms with Crippen molar-refractivity contribution in [2.45, 2.75) is 44.9 Å². The lowest BCUT2D eigenvalue weighted by Crippen LogP contribution is -2.46. The van der Waals surface area contributed by atoms with Gasteiger partial charge in [-0.1, -0.05) is 26.0 Å². The summed E-state index contributed by atoms with van der Waals surface area (Å²) in [6.07, 6.45) is 0.112. The number of carbonyl (C=O) groups excluding carboxylic acids is 2. The third-order valence-corrected chi connectivity index (χ3v) is 4.58. The fourth-order valence-corrected chi connectivity index (χ4v) is 2.87. The van der Waals surface area contributed by atoms with E-state index in [2.05, 4.69) is 5.32 Å². The van der Waals surface area contributed by atoms with Gasteiger partial charge in [0.2, 0.25) is 0 Å². The SMILES string of the molecule is CCC1(CC)NC(=O)N(CC(O)COCc2ccc(OC)cc2)C1=O. The summed E-state index contributed by atoms with van der Waals surface area (Å²) < 4.78 is 10.6. The first-order valence-corrected chi connectivity index (χ1v) is 8.48. The third kappa shape index (κ3) is 4.29. The molecule has 0 saturated carbocycles. The van der Waals surface area contributed by atoms with Crippen molar-refractivity contribution in [3.8, 4) is 5.75 Å². The number of hydrogen-bond donors (Lipinski definition) is 2. The van der Waals surface area contributed by atoms with Gasteiger partial charge in [0.25, 0.3) is 5.91 Å². The van der Waals surface area contributed by atoms with E-state index in [-0.39, 0.29) is 19.1 Å². The summed E-state index contributed by atoms with van der Waals surface area (Å²) in [5.41, 5.74) is 0.0970. The highest BCUT2D eigenvalue weighted by Gasteiger charge is 2.48. The molecule has 1 fully saturated rings. The smallest absolute Gasteiger partial charge is 0.325 e. The standard InChI is InChI=1S/C18H26N2O5/c1-4-18(5-2)16(22)20(17(23)19-18)10-14(21)12-25-11-13-6-8-15(24-3)9-7-13/h6-9,14,21H,4-5,10-12H2,1-3H3,(H,19,23). The maximum atomic E-state index is 12.5. The van der Waals surface area contributed by atoms with Crippen molar-refractivity contribution in [2.24, 2.45) is 0 Å². The largest absolute Gasteiger partial charge is 0.497 e. The molecule has 1 unspecified atom stereocenters. The highest BCUT2D eigenvalue weighted by molar-refractivity contribution is 6.07. The van der Waals surface area contributed by atoms with Crippen molar-refractivity contribution in [1.29, 1.82) is 0 Å². The van der Waals surface area contributed by atoms with Crippen LogP contribution in [0.25, 0.3) is 0 Å². The van der Waals surface area contributed by atoms with Crippen LogP contribution < -0.4 is 10.1 Å². The number of urea groups is 1. The Morgan fingerprint density at radius 2 is 1.84 bits per heavy atom. The van der Waals surface area contributed by atoms with Crippen LogP contribution in [-0.2, 0) is 16.1 Å². The zero-order valence-corrected chi connectivity index (χ0v) is 14.9. The minimum Gasteiger partial charge on any atom is -0.497 e. The quantitative estimate of drug-likeness (QED) is 0.662. The van der Waals surface area contributed by atoms with Gasteiger partial charge in [-0.15, -0.1) is 0 Å². The predicted molar refractivity (Wildman–Crippen MR) is 92.2 cm³/mol. The minimum atomic E-state index is -0.933. The minimum absolute atomic E-state index is 0.0361. The summed E-state index contributed by atoms with van der Waals surface area (Å²) in [5.74, 6) is 0.481. The maximum absolute atomic E-state index is 12.5. The van der Waals surface area contributed by atoms with E-state index in [4.69, 9.17) is 9.47 Å². The van der Waals surface area contributed by atoms with E-state index in [0.717, 1.165) is 16.2 Å². The second-order valence-corrected chi connectivity index (χ2v) is 6.15. The Kier molecular flexibility index (Phi) is 6.39. The van der Waals surface area contributed by atoms with Crippen LogP contribution in [0.5, 0.6) is 5.75 Å². The molecule has 1 atom stereocenters. The molecule has 0 aliphatic carbocycles. The molecule has 2 N–H and O–H groups in total. The molecule has 7 nitrogen and oxygen atoms in total. The molecular formula is C18H26N2O5. The number of methoxy groups -OCH3 is 1. The van der Waals surface area contributed by atoms with Gasteiger partial charge >= 0.3 is 6.03 Å². The molecule has 1 heterocycles. The number of ether oxygens (including phenoxy) is 2. The average Bonchev–Trinajstić information content (AvgIpc) is 2.87. The topological polar surface area (TPSA) is 88.1 Å². The summed E-state index contributed by atoms with van der Waals surface area (Å²) in [4.78, 5) is 25.6. The molecule has 1 aromatic carbocycles. The maximum Gasteiger partial charge on any atom is 0.325 e. The first kappa shape index (κ1) is 19.2. The number of nitrogens with one attached hydrogen (secondary N) is 1. The number of rotatable bonds is 9. The lowest BCUT2D eigenvalue weighted by Gasteiger charge is -2.23. The second kappa shape index (κ2) is 8.31. The van der Waals surface area contributed by atoms with Crippen molar-refractivity contribution < 1.29 is 24.2 Å². The van der Waals surface area contributed by atoms with Gasteiger partial charge in [-0.3, -0.25) is 9.69 Å². The van der Waals surface area contributed by atoms with Crippen LogP contribution >= 0.6 is 0 Å². The number of benzene rings is 1. The Hall–Kier alpha value is -2.12. The van der Waals surface area contributed by atoms with Gasteiger partial charge in [0, 0.05) is 0 Å². The molecule has 2 rings (SSSR count). The first-order valence-electron chi connectivity index (χ1n) is 8.48. The van der Waals surface area contributed by atoms with Gasteiger partial charge in [-0.2, -0.15) is 0 Å². The van der Waals surface area contributed by atoms with Crippen LogP contribution in [0.2, 0.25) is 0 Å². The molecule has 1 saturated heterocycles. The molecule has 7 heteroatoms. The van der Waals surface area contributed by atoms with Gasteiger partial charge < -0.3 is 19.9 Å². The lowest BCUT2D eigenvalue weighted by molar-refractivity contribution is -0.133. The number of β-amino-alcohol motifs (C(OH)–C–C–N with tert-alkyl or cyclic N) is 1. The second-order valence-electron chi connectivity index (χ2n) is 6.15. The Balaban J connectivity index is 1.82. The zero-order chi connectivity index (χ0) is 18.4. The number of imide groups is 1. The van der Waals surface area contributed by atoms with E-state index in [1.54, 1.807) is 7.11 Å². The monoisotopic (exact) mass is 350 g/mol. The van der Waals surface area contributed by atoms with Crippen molar-refractivity contribution in [3.63, 3.8) is 0 Å². The summed E-state index contributed by atoms with van der Waals surface area (Å²) in [7, 11) is 1.60. The summed E-state index contributed by atoms with van der Waals surface area (Å²) in [6.45, 7) is 4.01. The molecule has 0 bridgehead atoms. The molecule has 0 aromatic heterocycles. The molecule has 0 radical (unpaired) electrons. The Bertz CT molecular complexity index is 598. The molecule has 138 valence electrons. The summed E-state index contributed by atoms with van der Waals surface area (Å²) >= 11 is 0. The van der Waals surface area contributed by atoms with Crippen molar-refractivity contribution in [3.05, 3.63) is 29.8 Å². The predicted octanol–water partition coefficient (Wildman–Crippen LogP) is 1.68. The number of carbonyl (C=O) groups is 2. The molecule has 1 aromatic rings. The van der Waals surface area contributed by atoms with Crippen LogP contribution in [0.4, 0.5) is 4.79 Å². The van der Waals surface area contributed by atoms with Crippen LogP contribution in [0.3, 0.4) is 0 Å². The Morgan fingerprint density at radius 3 is 2.36 bits per heavy atom. The van der Waals surface area contributed by atoms with Gasteiger partial charge in [-0.25, -0.2) is 4.79 Å². The highest BCUT2D eigenvalue weighted by Crippen LogP contribution is 2.25. The van der Waals surface area contributed by atoms with Crippen LogP contribution in [0.1, 0.15) is 32.3 Å². The first-order chi connectivity index (χ1) is 12.0. The van der Waals surface area contributed by atoms with E-state index in [1.165, 1.54) is 0 Å². The molecule has 1 aliphatic rings. The van der Waals surface area contributed by atoms with E-state index in [0.29, 0.717) is 19.4 Å².